The molecule has 46 valence electrons. The van der Waals surface area contributed by atoms with Gasteiger partial charge in [-0.05, 0) is 18.6 Å². The Kier molecular flexibility index (Phi) is 3.07. The van der Waals surface area contributed by atoms with Crippen LogP contribution < -0.4 is 0 Å². The van der Waals surface area contributed by atoms with Crippen molar-refractivity contribution < 1.29 is 15.0 Å². The van der Waals surface area contributed by atoms with Crippen molar-refractivity contribution in [1.29, 1.82) is 0 Å². The zero-order valence-electron chi connectivity index (χ0n) is 4.53. The van der Waals surface area contributed by atoms with E-state index in [1.54, 1.807) is 0 Å². The third-order valence-electron chi connectivity index (χ3n) is 0.738. The van der Waals surface area contributed by atoms with Crippen LogP contribution in [-0.4, -0.2) is 22.8 Å². The number of aldehydes is 1. The van der Waals surface area contributed by atoms with Crippen molar-refractivity contribution >= 4 is 6.29 Å². The van der Waals surface area contributed by atoms with E-state index in [0.717, 1.165) is 6.08 Å². The molecule has 0 atom stereocenters. The molecule has 0 unspecified atom stereocenters. The lowest BCUT2D eigenvalue weighted by atomic mass is 10.3. The summed E-state index contributed by atoms with van der Waals surface area (Å²) in [5, 5.41) is 16.6. The van der Waals surface area contributed by atoms with Crippen molar-refractivity contribution in [3.8, 4) is 0 Å². The second kappa shape index (κ2) is 3.35. The van der Waals surface area contributed by atoms with Crippen LogP contribution in [0.4, 0.5) is 0 Å². The van der Waals surface area contributed by atoms with Crippen LogP contribution in [0.25, 0.3) is 0 Å². The summed E-state index contributed by atoms with van der Waals surface area (Å²) in [6, 6.07) is 0. The van der Waals surface area contributed by atoms with Crippen LogP contribution in [0.15, 0.2) is 11.6 Å². The number of carbonyl (C=O) groups is 1. The summed E-state index contributed by atoms with van der Waals surface area (Å²) < 4.78 is 0. The van der Waals surface area contributed by atoms with Gasteiger partial charge in [-0.25, -0.2) is 0 Å². The van der Waals surface area contributed by atoms with E-state index in [0.29, 0.717) is 6.29 Å². The second-order valence-corrected chi connectivity index (χ2v) is 1.42. The smallest absolute Gasteiger partial charge is 0.174 e. The van der Waals surface area contributed by atoms with Gasteiger partial charge >= 0.3 is 0 Å². The molecule has 2 N–H and O–H groups in total. The Hall–Kier alpha value is -0.670. The van der Waals surface area contributed by atoms with Gasteiger partial charge in [0.25, 0.3) is 0 Å². The normalized spacial score (nSPS) is 12.2. The molecule has 0 fully saturated rings. The maximum atomic E-state index is 9.62. The maximum Gasteiger partial charge on any atom is 0.174 e. The SMILES string of the molecule is C/C(=C\C=O)C(O)O. The lowest BCUT2D eigenvalue weighted by Crippen LogP contribution is -2.05. The second-order valence-electron chi connectivity index (χ2n) is 1.42. The summed E-state index contributed by atoms with van der Waals surface area (Å²) in [5.41, 5.74) is 0.250. The first-order valence-electron chi connectivity index (χ1n) is 2.16. The van der Waals surface area contributed by atoms with E-state index in [1.165, 1.54) is 6.92 Å². The zero-order valence-corrected chi connectivity index (χ0v) is 4.53. The molecule has 0 saturated carbocycles. The number of aliphatic hydroxyl groups excluding tert-OH is 1. The van der Waals surface area contributed by atoms with Crippen molar-refractivity contribution in [2.24, 2.45) is 0 Å². The molecule has 0 aliphatic carbocycles. The van der Waals surface area contributed by atoms with Crippen molar-refractivity contribution in [2.75, 3.05) is 0 Å². The first kappa shape index (κ1) is 7.33. The molecule has 8 heavy (non-hydrogen) atoms. The summed E-state index contributed by atoms with van der Waals surface area (Å²) in [6.07, 6.45) is 0.111. The largest absolute Gasteiger partial charge is 0.365 e. The van der Waals surface area contributed by atoms with Gasteiger partial charge in [0.15, 0.2) is 6.29 Å². The monoisotopic (exact) mass is 116 g/mol. The molecule has 0 aliphatic heterocycles. The van der Waals surface area contributed by atoms with Crippen LogP contribution in [0.2, 0.25) is 0 Å². The van der Waals surface area contributed by atoms with Gasteiger partial charge in [0.1, 0.15) is 6.29 Å². The van der Waals surface area contributed by atoms with Gasteiger partial charge in [-0.1, -0.05) is 0 Å². The van der Waals surface area contributed by atoms with Crippen molar-refractivity contribution in [1.82, 2.24) is 0 Å². The summed E-state index contributed by atoms with van der Waals surface area (Å²) in [7, 11) is 0. The van der Waals surface area contributed by atoms with Crippen molar-refractivity contribution in [3.63, 3.8) is 0 Å². The highest BCUT2D eigenvalue weighted by Gasteiger charge is 1.96. The van der Waals surface area contributed by atoms with Crippen LogP contribution >= 0.6 is 0 Å². The molecule has 0 rings (SSSR count). The predicted octanol–water partition coefficient (Wildman–Crippen LogP) is -0.558. The van der Waals surface area contributed by atoms with Gasteiger partial charge in [-0.2, -0.15) is 0 Å². The van der Waals surface area contributed by atoms with Gasteiger partial charge in [0.05, 0.1) is 0 Å². The van der Waals surface area contributed by atoms with E-state index >= 15 is 0 Å². The van der Waals surface area contributed by atoms with Crippen LogP contribution in [0, 0.1) is 0 Å². The fraction of sp³-hybridized carbons (Fsp3) is 0.400. The first-order valence-corrected chi connectivity index (χ1v) is 2.16. The fourth-order valence-electron chi connectivity index (χ4n) is 0.193. The molecule has 0 aromatic carbocycles. The molecule has 0 aromatic heterocycles. The molecule has 3 nitrogen and oxygen atoms in total. The minimum absolute atomic E-state index is 0.250. The Morgan fingerprint density at radius 2 is 2.12 bits per heavy atom. The molecule has 3 heteroatoms. The highest BCUT2D eigenvalue weighted by molar-refractivity contribution is 5.66. The van der Waals surface area contributed by atoms with Gasteiger partial charge in [0.2, 0.25) is 0 Å². The Labute approximate surface area is 47.3 Å². The summed E-state index contributed by atoms with van der Waals surface area (Å²) >= 11 is 0. The lowest BCUT2D eigenvalue weighted by Gasteiger charge is -1.98. The number of carbonyl (C=O) groups excluding carboxylic acids is 1. The molecule has 0 amide bonds. The van der Waals surface area contributed by atoms with Gasteiger partial charge in [-0.3, -0.25) is 4.79 Å². The Morgan fingerprint density at radius 1 is 1.62 bits per heavy atom. The van der Waals surface area contributed by atoms with E-state index < -0.39 is 6.29 Å². The molecule has 0 aromatic rings. The summed E-state index contributed by atoms with van der Waals surface area (Å²) in [4.78, 5) is 9.62. The topological polar surface area (TPSA) is 57.5 Å². The van der Waals surface area contributed by atoms with Crippen molar-refractivity contribution in [2.45, 2.75) is 13.2 Å². The van der Waals surface area contributed by atoms with E-state index in [-0.39, 0.29) is 5.57 Å². The van der Waals surface area contributed by atoms with Gasteiger partial charge in [-0.15, -0.1) is 0 Å². The number of aliphatic hydroxyl groups is 2. The van der Waals surface area contributed by atoms with Crippen LogP contribution in [0.1, 0.15) is 6.92 Å². The molecular weight excluding hydrogens is 108 g/mol. The average molecular weight is 116 g/mol. The molecule has 0 spiro atoms. The average Bonchev–Trinajstić information content (AvgIpc) is 1.67. The molecule has 0 heterocycles. The maximum absolute atomic E-state index is 9.62. The number of hydrogen-bond acceptors (Lipinski definition) is 3. The standard InChI is InChI=1S/C5H8O3/c1-4(2-3-6)5(7)8/h2-3,5,7-8H,1H3/b4-2+. The molecule has 0 saturated heterocycles. The highest BCUT2D eigenvalue weighted by atomic mass is 16.5. The number of allylic oxidation sites excluding steroid dienone is 1. The quantitative estimate of drug-likeness (QED) is 0.289. The first-order chi connectivity index (χ1) is 3.68. The Balaban J connectivity index is 3.78. The minimum Gasteiger partial charge on any atom is -0.365 e. The van der Waals surface area contributed by atoms with Crippen LogP contribution in [-0.2, 0) is 4.79 Å². The Morgan fingerprint density at radius 3 is 2.25 bits per heavy atom. The summed E-state index contributed by atoms with van der Waals surface area (Å²) in [5.74, 6) is 0. The van der Waals surface area contributed by atoms with Crippen LogP contribution in [0.5, 0.6) is 0 Å². The van der Waals surface area contributed by atoms with E-state index in [1.807, 2.05) is 0 Å². The van der Waals surface area contributed by atoms with Crippen LogP contribution in [0.3, 0.4) is 0 Å². The van der Waals surface area contributed by atoms with Gasteiger partial charge < -0.3 is 10.2 Å². The molecular formula is C5H8O3. The zero-order chi connectivity index (χ0) is 6.57. The highest BCUT2D eigenvalue weighted by Crippen LogP contribution is 1.93. The number of hydrogen-bond donors (Lipinski definition) is 2. The fourth-order valence-corrected chi connectivity index (χ4v) is 0.193. The number of rotatable bonds is 2. The van der Waals surface area contributed by atoms with Gasteiger partial charge in [0, 0.05) is 0 Å². The molecule has 0 bridgehead atoms. The third kappa shape index (κ3) is 2.49. The van der Waals surface area contributed by atoms with Crippen molar-refractivity contribution in [3.05, 3.63) is 11.6 Å². The predicted molar refractivity (Wildman–Crippen MR) is 28.0 cm³/mol. The van der Waals surface area contributed by atoms with E-state index in [2.05, 4.69) is 0 Å². The van der Waals surface area contributed by atoms with E-state index in [4.69, 9.17) is 10.2 Å². The molecule has 0 radical (unpaired) electrons. The third-order valence-corrected chi connectivity index (χ3v) is 0.738. The van der Waals surface area contributed by atoms with E-state index in [9.17, 15) is 4.79 Å². The minimum atomic E-state index is -1.50. The summed E-state index contributed by atoms with van der Waals surface area (Å²) in [6.45, 7) is 1.46. The lowest BCUT2D eigenvalue weighted by molar-refractivity contribution is -0.104. The Bertz CT molecular complexity index is 104. The molecule has 0 aliphatic rings.